The van der Waals surface area contributed by atoms with Gasteiger partial charge in [-0.25, -0.2) is 14.4 Å². The van der Waals surface area contributed by atoms with Crippen LogP contribution in [0.2, 0.25) is 0 Å². The molecule has 0 saturated carbocycles. The van der Waals surface area contributed by atoms with Crippen molar-refractivity contribution in [2.24, 2.45) is 0 Å². The van der Waals surface area contributed by atoms with E-state index in [4.69, 9.17) is 37.9 Å². The zero-order chi connectivity index (χ0) is 59.0. The molecule has 5 rings (SSSR count). The van der Waals surface area contributed by atoms with Gasteiger partial charge in [0.2, 0.25) is 18.7 Å². The van der Waals surface area contributed by atoms with Crippen molar-refractivity contribution in [2.75, 3.05) is 172 Å². The van der Waals surface area contributed by atoms with Crippen molar-refractivity contribution in [3.63, 3.8) is 0 Å². The highest BCUT2D eigenvalue weighted by Crippen LogP contribution is 2.19. The zero-order valence-corrected chi connectivity index (χ0v) is 52.9. The van der Waals surface area contributed by atoms with Crippen LogP contribution in [0.3, 0.4) is 0 Å². The number of cyclic esters (lactones) is 5. The molecule has 0 aromatic rings. The Morgan fingerprint density at radius 1 is 0.506 bits per heavy atom. The average molecular weight is 1210 g/mol. The van der Waals surface area contributed by atoms with Crippen LogP contribution in [0.4, 0.5) is 0 Å². The molecule has 8 unspecified atom stereocenters. The molecule has 5 aliphatic rings. The molecule has 0 aromatic carbocycles. The second kappa shape index (κ2) is 47.0. The van der Waals surface area contributed by atoms with Gasteiger partial charge in [0, 0.05) is 25.2 Å². The Kier molecular flexibility index (Phi) is 50.1. The summed E-state index contributed by atoms with van der Waals surface area (Å²) < 4.78 is 43.5. The predicted octanol–water partition coefficient (Wildman–Crippen LogP) is 2.76. The van der Waals surface area contributed by atoms with Crippen molar-refractivity contribution in [3.8, 4) is 0 Å². The van der Waals surface area contributed by atoms with Crippen LogP contribution >= 0.6 is 0 Å². The fraction of sp³-hybridized carbons (Fsp3) is 0.883. The quantitative estimate of drug-likeness (QED) is 0.0352. The summed E-state index contributed by atoms with van der Waals surface area (Å²) in [4.78, 5) is 56.7. The molecule has 5 saturated heterocycles. The lowest BCUT2D eigenvalue weighted by molar-refractivity contribution is -0.969. The molecule has 23 nitrogen and oxygen atoms in total. The van der Waals surface area contributed by atoms with Gasteiger partial charge in [0.1, 0.15) is 85.6 Å². The van der Waals surface area contributed by atoms with Crippen LogP contribution in [0.5, 0.6) is 0 Å². The molecule has 0 aromatic heterocycles. The molecule has 0 amide bonds. The van der Waals surface area contributed by atoms with Crippen LogP contribution in [0.25, 0.3) is 0 Å². The summed E-state index contributed by atoms with van der Waals surface area (Å²) in [6.45, 7) is 40.0. The highest BCUT2D eigenvalue weighted by molar-refractivity contribution is 5.72. The van der Waals surface area contributed by atoms with Gasteiger partial charge in [-0.15, -0.1) is 0 Å². The molecule has 5 heterocycles. The number of likely N-dealkylation sites (N-methyl/N-ethyl adjacent to an activating group) is 2. The fourth-order valence-corrected chi connectivity index (χ4v) is 9.27. The van der Waals surface area contributed by atoms with E-state index in [1.807, 2.05) is 48.6 Å². The van der Waals surface area contributed by atoms with Gasteiger partial charge >= 0.3 is 29.8 Å². The molecule has 83 heavy (non-hydrogen) atoms. The molecule has 0 radical (unpaired) electrons. The van der Waals surface area contributed by atoms with E-state index in [1.54, 1.807) is 0 Å². The van der Waals surface area contributed by atoms with E-state index in [2.05, 4.69) is 59.2 Å². The van der Waals surface area contributed by atoms with Gasteiger partial charge in [0.05, 0.1) is 84.5 Å². The maximum absolute atomic E-state index is 11.4. The summed E-state index contributed by atoms with van der Waals surface area (Å²) in [5.41, 5.74) is 0. The van der Waals surface area contributed by atoms with Gasteiger partial charge in [0.25, 0.3) is 0 Å². The molecule has 6 N–H and O–H groups in total. The maximum atomic E-state index is 11.4. The molecule has 498 valence electrons. The van der Waals surface area contributed by atoms with Crippen LogP contribution in [0.1, 0.15) is 131 Å². The lowest BCUT2D eigenvalue weighted by atomic mass is 10.2. The molecular formula is C60H130N7O16+3. The highest BCUT2D eigenvalue weighted by atomic mass is 16.6. The molecule has 0 aliphatic carbocycles. The summed E-state index contributed by atoms with van der Waals surface area (Å²) in [6, 6.07) is 1.06. The van der Waals surface area contributed by atoms with Crippen molar-refractivity contribution >= 4 is 29.8 Å². The lowest BCUT2D eigenvalue weighted by Crippen LogP contribution is -3.18. The molecular weight excluding hydrogens is 1070 g/mol. The minimum Gasteiger partial charge on any atom is -0.460 e. The smallest absolute Gasteiger partial charge is 0.362 e. The van der Waals surface area contributed by atoms with Crippen molar-refractivity contribution in [3.05, 3.63) is 14.9 Å². The number of nitrogens with one attached hydrogen (secondary N) is 3. The van der Waals surface area contributed by atoms with E-state index < -0.39 is 18.7 Å². The van der Waals surface area contributed by atoms with Crippen LogP contribution in [0, 0.1) is 14.9 Å². The predicted molar refractivity (Wildman–Crippen MR) is 327 cm³/mol. The van der Waals surface area contributed by atoms with E-state index in [0.717, 1.165) is 92.2 Å². The minimum atomic E-state index is -0.666. The fourth-order valence-electron chi connectivity index (χ4n) is 9.27. The van der Waals surface area contributed by atoms with Crippen LogP contribution < -0.4 is 15.5 Å². The first-order chi connectivity index (χ1) is 36.6. The molecule has 5 aliphatic heterocycles. The first-order valence-corrected chi connectivity index (χ1v) is 29.0. The Hall–Kier alpha value is -3.17. The number of aliphatic hydroxyl groups excluding tert-OH is 3. The maximum Gasteiger partial charge on any atom is 0.362 e. The number of esters is 5. The standard InChI is InChI=1S/C13H27N2O2.C12H24NO4.C11H23N2O2.C10H20NO4.C9H17NO4.3CH4.2CH3/c1-4-7-15(9-6-14-12(2)3)8-5-13(16)17-11-10-15;1-4-5-13(6-7-16-12(15)8-13)11(14)9-17-10(2)3;1-10(2)12-5-7-13(3)6-4-11(14)15-9-8-13;1-8(2)15-7-9(12)11(3)4-5-14-10(13)6-11;1-7(2)14-6-8(11)10-3-4-13-9(12)5-10;;;;;/h12,14H,4-11H2,1-3H3;10-11,14H,4-9H2,1-3H3;10,12H,4-9H2,1-3H3;8-9,12H,4-7H2,1-3H3;7-8,11H,3-6H2,1-2H3;3*1H4;2*1H3/q4*+1;;;;;2*-1/p+1. The summed E-state index contributed by atoms with van der Waals surface area (Å²) in [5.74, 6) is -0.818. The molecule has 5 fully saturated rings. The van der Waals surface area contributed by atoms with Crippen LogP contribution in [-0.2, 0) is 61.9 Å². The van der Waals surface area contributed by atoms with Crippen LogP contribution in [0.15, 0.2) is 0 Å². The number of quaternary nitrogens is 5. The van der Waals surface area contributed by atoms with Gasteiger partial charge in [-0.2, -0.15) is 0 Å². The van der Waals surface area contributed by atoms with E-state index in [1.165, 1.54) is 0 Å². The average Bonchev–Trinajstić information content (AvgIpc) is 3.70. The van der Waals surface area contributed by atoms with E-state index >= 15 is 0 Å². The van der Waals surface area contributed by atoms with Gasteiger partial charge in [-0.05, 0) is 54.4 Å². The number of morpholine rings is 3. The normalized spacial score (nSPS) is 25.2. The minimum absolute atomic E-state index is 0. The van der Waals surface area contributed by atoms with E-state index in [0.29, 0.717) is 82.1 Å². The summed E-state index contributed by atoms with van der Waals surface area (Å²) in [6.07, 6.45) is 1.53. The van der Waals surface area contributed by atoms with Crippen molar-refractivity contribution in [1.82, 2.24) is 10.6 Å². The third kappa shape index (κ3) is 38.6. The number of ether oxygens (including phenoxy) is 8. The van der Waals surface area contributed by atoms with Gasteiger partial charge < -0.3 is 87.7 Å². The second-order valence-corrected chi connectivity index (χ2v) is 23.2. The number of hydrogen-bond donors (Lipinski definition) is 6. The number of aliphatic hydroxyl groups is 3. The summed E-state index contributed by atoms with van der Waals surface area (Å²) in [5, 5.41) is 36.7. The van der Waals surface area contributed by atoms with Gasteiger partial charge in [0.15, 0.2) is 19.6 Å². The first-order valence-electron chi connectivity index (χ1n) is 29.0. The van der Waals surface area contributed by atoms with Crippen molar-refractivity contribution < 1.29 is 100 Å². The topological polar surface area (TPSA) is 248 Å². The monoisotopic (exact) mass is 1200 g/mol. The third-order valence-corrected chi connectivity index (χ3v) is 14.3. The Balaban J connectivity index is -0.000000301. The zero-order valence-electron chi connectivity index (χ0n) is 52.9. The Labute approximate surface area is 505 Å². The van der Waals surface area contributed by atoms with Crippen molar-refractivity contribution in [1.29, 1.82) is 0 Å². The first kappa shape index (κ1) is 88.6. The summed E-state index contributed by atoms with van der Waals surface area (Å²) >= 11 is 0. The molecule has 0 bridgehead atoms. The molecule has 8 atom stereocenters. The van der Waals surface area contributed by atoms with Crippen LogP contribution in [-0.4, -0.2) is 284 Å². The van der Waals surface area contributed by atoms with E-state index in [-0.39, 0.29) is 129 Å². The van der Waals surface area contributed by atoms with E-state index in [9.17, 15) is 39.3 Å². The van der Waals surface area contributed by atoms with Gasteiger partial charge in [-0.1, -0.05) is 63.8 Å². The highest BCUT2D eigenvalue weighted by Gasteiger charge is 2.42. The number of nitrogens with zero attached hydrogens (tertiary/aromatic N) is 4. The number of carbonyl (C=O) groups excluding carboxylic acids is 5. The second-order valence-electron chi connectivity index (χ2n) is 23.2. The molecule has 23 heteroatoms. The Morgan fingerprint density at radius 2 is 0.952 bits per heavy atom. The largest absolute Gasteiger partial charge is 0.460 e. The molecule has 0 spiro atoms. The number of rotatable bonds is 24. The summed E-state index contributed by atoms with van der Waals surface area (Å²) in [7, 11) is 4.04. The van der Waals surface area contributed by atoms with Crippen molar-refractivity contribution in [2.45, 2.75) is 180 Å². The lowest BCUT2D eigenvalue weighted by Gasteiger charge is -2.43. The number of hydrogen-bond acceptors (Lipinski definition) is 18. The van der Waals surface area contributed by atoms with Gasteiger partial charge in [-0.3, -0.25) is 23.5 Å². The Bertz CT molecular complexity index is 1700. The Morgan fingerprint density at radius 3 is 1.45 bits per heavy atom. The SMILES string of the molecule is C.C.C.CC(C)NCC[N+]1(C)CCOC(=O)CC1.CC(C)OCC(O)[N+]1(C)CCOC(=O)C1.CC(C)OCC(O)[NH+]1CCOC(=O)C1.CCC[N+]1(C(O)COC(C)C)CCOC(=O)C1.CCC[N+]1(CCNC(C)C)CCOC(=O)CC1.[CH3-].[CH3-]. The third-order valence-electron chi connectivity index (χ3n) is 14.3. The number of carbonyl (C=O) groups is 5.